The van der Waals surface area contributed by atoms with Crippen molar-refractivity contribution in [3.63, 3.8) is 0 Å². The van der Waals surface area contributed by atoms with Gasteiger partial charge < -0.3 is 9.78 Å². The first kappa shape index (κ1) is 9.27. The predicted octanol–water partition coefficient (Wildman–Crippen LogP) is 0.624. The number of hydrogen-bond donors (Lipinski definition) is 1. The number of aldehydes is 1. The van der Waals surface area contributed by atoms with E-state index in [1.807, 2.05) is 0 Å². The third-order valence-electron chi connectivity index (χ3n) is 1.54. The van der Waals surface area contributed by atoms with Crippen LogP contribution in [0.1, 0.15) is 17.5 Å². The Morgan fingerprint density at radius 1 is 1.62 bits per heavy atom. The van der Waals surface area contributed by atoms with Gasteiger partial charge in [-0.05, 0) is 12.5 Å². The molecule has 0 saturated carbocycles. The maximum absolute atomic E-state index is 10.8. The molecule has 0 aliphatic carbocycles. The molecule has 1 rings (SSSR count). The van der Waals surface area contributed by atoms with Gasteiger partial charge in [0.15, 0.2) is 0 Å². The lowest BCUT2D eigenvalue weighted by Crippen LogP contribution is -2.04. The molecule has 0 aliphatic heterocycles. The minimum Gasteiger partial charge on any atom is -0.328 e. The molecule has 0 aromatic carbocycles. The fraction of sp³-hybridized carbons (Fsp3) is 0.200. The molecular weight excluding hydrogens is 166 g/mol. The van der Waals surface area contributed by atoms with E-state index in [4.69, 9.17) is 0 Å². The molecule has 0 spiro atoms. The highest BCUT2D eigenvalue weighted by Crippen LogP contribution is 1.99. The number of aryl methyl sites for hydroxylation is 1. The lowest BCUT2D eigenvalue weighted by Gasteiger charge is -1.93. The summed E-state index contributed by atoms with van der Waals surface area (Å²) in [6.07, 6.45) is 2.52. The summed E-state index contributed by atoms with van der Waals surface area (Å²) in [7, 11) is 0. The number of aromatic amines is 1. The highest BCUT2D eigenvalue weighted by molar-refractivity contribution is 5.55. The van der Waals surface area contributed by atoms with Crippen LogP contribution in [0.3, 0.4) is 0 Å². The Bertz CT molecular complexity index is 421. The summed E-state index contributed by atoms with van der Waals surface area (Å²) in [6, 6.07) is 1.48. The zero-order chi connectivity index (χ0) is 9.68. The number of H-pyrrole nitrogens is 1. The van der Waals surface area contributed by atoms with E-state index >= 15 is 0 Å². The van der Waals surface area contributed by atoms with Gasteiger partial charge in [0, 0.05) is 17.8 Å². The first-order valence-corrected chi connectivity index (χ1v) is 3.86. The lowest BCUT2D eigenvalue weighted by atomic mass is 10.2. The summed E-state index contributed by atoms with van der Waals surface area (Å²) in [5.41, 5.74) is 1.43. The molecule has 0 amide bonds. The monoisotopic (exact) mass is 175 g/mol. The van der Waals surface area contributed by atoms with E-state index < -0.39 is 0 Å². The van der Waals surface area contributed by atoms with Gasteiger partial charge in [-0.3, -0.25) is 4.79 Å². The van der Waals surface area contributed by atoms with Gasteiger partial charge in [0.2, 0.25) is 5.56 Å². The number of aromatic nitrogens is 1. The van der Waals surface area contributed by atoms with Gasteiger partial charge in [0.25, 0.3) is 0 Å². The van der Waals surface area contributed by atoms with Crippen molar-refractivity contribution in [1.29, 1.82) is 0 Å². The number of carbonyl (C=O) groups is 1. The fourth-order valence-electron chi connectivity index (χ4n) is 0.896. The van der Waals surface area contributed by atoms with Crippen LogP contribution in [-0.4, -0.2) is 11.3 Å². The van der Waals surface area contributed by atoms with E-state index in [1.165, 1.54) is 6.07 Å². The molecule has 1 aromatic rings. The van der Waals surface area contributed by atoms with Crippen LogP contribution in [0, 0.1) is 18.8 Å². The molecule has 3 nitrogen and oxygen atoms in total. The van der Waals surface area contributed by atoms with Crippen LogP contribution in [0.2, 0.25) is 0 Å². The van der Waals surface area contributed by atoms with E-state index in [0.717, 1.165) is 17.4 Å². The molecule has 1 aromatic heterocycles. The molecule has 0 aliphatic rings. The van der Waals surface area contributed by atoms with Crippen molar-refractivity contribution < 1.29 is 4.79 Å². The van der Waals surface area contributed by atoms with Crippen LogP contribution in [-0.2, 0) is 4.79 Å². The summed E-state index contributed by atoms with van der Waals surface area (Å²) in [6.45, 7) is 1.81. The molecule has 0 unspecified atom stereocenters. The van der Waals surface area contributed by atoms with Gasteiger partial charge in [0.1, 0.15) is 6.29 Å². The molecule has 0 bridgehead atoms. The van der Waals surface area contributed by atoms with Gasteiger partial charge in [-0.15, -0.1) is 0 Å². The smallest absolute Gasteiger partial charge is 0.248 e. The average Bonchev–Trinajstić information content (AvgIpc) is 2.09. The number of rotatable bonds is 1. The topological polar surface area (TPSA) is 49.9 Å². The molecular formula is C10H9NO2. The quantitative estimate of drug-likeness (QED) is 0.502. The van der Waals surface area contributed by atoms with Crippen molar-refractivity contribution in [1.82, 2.24) is 4.98 Å². The van der Waals surface area contributed by atoms with Crippen molar-refractivity contribution in [3.05, 3.63) is 33.7 Å². The molecule has 0 saturated heterocycles. The van der Waals surface area contributed by atoms with E-state index in [-0.39, 0.29) is 12.0 Å². The average molecular weight is 175 g/mol. The zero-order valence-corrected chi connectivity index (χ0v) is 7.26. The van der Waals surface area contributed by atoms with Gasteiger partial charge >= 0.3 is 0 Å². The molecule has 3 heteroatoms. The Morgan fingerprint density at radius 2 is 2.38 bits per heavy atom. The highest BCUT2D eigenvalue weighted by Gasteiger charge is 1.93. The number of pyridine rings is 1. The molecule has 66 valence electrons. The molecule has 0 atom stereocenters. The number of nitrogens with one attached hydrogen (secondary N) is 1. The van der Waals surface area contributed by atoms with Crippen LogP contribution in [0.15, 0.2) is 17.1 Å². The first-order valence-electron chi connectivity index (χ1n) is 3.86. The van der Waals surface area contributed by atoms with E-state index in [9.17, 15) is 9.59 Å². The van der Waals surface area contributed by atoms with Gasteiger partial charge in [-0.1, -0.05) is 11.8 Å². The molecule has 1 heterocycles. The minimum absolute atomic E-state index is 0.140. The summed E-state index contributed by atoms with van der Waals surface area (Å²) >= 11 is 0. The lowest BCUT2D eigenvalue weighted by molar-refractivity contribution is -0.107. The normalized spacial score (nSPS) is 8.69. The second kappa shape index (κ2) is 4.27. The molecule has 0 radical (unpaired) electrons. The Kier molecular flexibility index (Phi) is 3.04. The maximum Gasteiger partial charge on any atom is 0.248 e. The Morgan fingerprint density at radius 3 is 3.00 bits per heavy atom. The fourth-order valence-corrected chi connectivity index (χ4v) is 0.896. The number of hydrogen-bond acceptors (Lipinski definition) is 2. The van der Waals surface area contributed by atoms with Gasteiger partial charge in [-0.2, -0.15) is 0 Å². The largest absolute Gasteiger partial charge is 0.328 e. The predicted molar refractivity (Wildman–Crippen MR) is 49.4 cm³/mol. The second-order valence-corrected chi connectivity index (χ2v) is 2.57. The summed E-state index contributed by atoms with van der Waals surface area (Å²) in [5.74, 6) is 5.46. The number of carbonyl (C=O) groups excluding carboxylic acids is 1. The van der Waals surface area contributed by atoms with Crippen molar-refractivity contribution in [2.45, 2.75) is 13.3 Å². The molecule has 1 N–H and O–H groups in total. The highest BCUT2D eigenvalue weighted by atomic mass is 16.1. The van der Waals surface area contributed by atoms with Gasteiger partial charge in [-0.25, -0.2) is 0 Å². The van der Waals surface area contributed by atoms with Crippen LogP contribution >= 0.6 is 0 Å². The summed E-state index contributed by atoms with van der Waals surface area (Å²) < 4.78 is 0. The van der Waals surface area contributed by atoms with E-state index in [0.29, 0.717) is 0 Å². The Labute approximate surface area is 75.8 Å². The van der Waals surface area contributed by atoms with Crippen LogP contribution in [0.5, 0.6) is 0 Å². The van der Waals surface area contributed by atoms with Crippen molar-refractivity contribution in [2.24, 2.45) is 0 Å². The van der Waals surface area contributed by atoms with Crippen molar-refractivity contribution in [2.75, 3.05) is 0 Å². The van der Waals surface area contributed by atoms with Crippen molar-refractivity contribution in [3.8, 4) is 11.8 Å². The minimum atomic E-state index is -0.140. The zero-order valence-electron chi connectivity index (χ0n) is 7.26. The van der Waals surface area contributed by atoms with Crippen molar-refractivity contribution >= 4 is 6.29 Å². The van der Waals surface area contributed by atoms with Gasteiger partial charge in [0.05, 0.1) is 6.42 Å². The SMILES string of the molecule is Cc1cc(=O)[nH]cc1C#CCC=O. The van der Waals surface area contributed by atoms with Crippen LogP contribution < -0.4 is 5.56 Å². The Hall–Kier alpha value is -1.82. The van der Waals surface area contributed by atoms with E-state index in [2.05, 4.69) is 16.8 Å². The third-order valence-corrected chi connectivity index (χ3v) is 1.54. The van der Waals surface area contributed by atoms with Crippen LogP contribution in [0.25, 0.3) is 0 Å². The standard InChI is InChI=1S/C10H9NO2/c1-8-6-10(13)11-7-9(8)4-2-3-5-12/h5-7H,3H2,1H3,(H,11,13). The summed E-state index contributed by atoms with van der Waals surface area (Å²) in [4.78, 5) is 23.3. The molecule has 0 fully saturated rings. The third kappa shape index (κ3) is 2.60. The maximum atomic E-state index is 10.8. The summed E-state index contributed by atoms with van der Waals surface area (Å²) in [5, 5.41) is 0. The Balaban J connectivity index is 2.98. The second-order valence-electron chi connectivity index (χ2n) is 2.57. The van der Waals surface area contributed by atoms with E-state index in [1.54, 1.807) is 13.1 Å². The first-order chi connectivity index (χ1) is 6.24. The molecule has 13 heavy (non-hydrogen) atoms. The van der Waals surface area contributed by atoms with Crippen LogP contribution in [0.4, 0.5) is 0 Å².